The highest BCUT2D eigenvalue weighted by atomic mass is 15.2. The van der Waals surface area contributed by atoms with Crippen molar-refractivity contribution < 1.29 is 0 Å². The van der Waals surface area contributed by atoms with Crippen molar-refractivity contribution in [3.05, 3.63) is 0 Å². The van der Waals surface area contributed by atoms with Crippen LogP contribution in [0.1, 0.15) is 72.6 Å². The van der Waals surface area contributed by atoms with Gasteiger partial charge in [-0.15, -0.1) is 0 Å². The molecule has 1 saturated heterocycles. The highest BCUT2D eigenvalue weighted by Crippen LogP contribution is 2.29. The molecular formula is C18H39N3. The molecule has 0 spiro atoms. The summed E-state index contributed by atoms with van der Waals surface area (Å²) in [5, 5.41) is 0. The number of unbranched alkanes of at least 4 members (excludes halogenated alkanes) is 2. The highest BCUT2D eigenvalue weighted by Gasteiger charge is 2.36. The van der Waals surface area contributed by atoms with E-state index in [1.54, 1.807) is 0 Å². The van der Waals surface area contributed by atoms with Crippen LogP contribution >= 0.6 is 0 Å². The minimum atomic E-state index is 0.258. The normalized spacial score (nSPS) is 24.7. The molecule has 1 aliphatic rings. The van der Waals surface area contributed by atoms with E-state index in [-0.39, 0.29) is 5.54 Å². The molecule has 0 aromatic carbocycles. The number of nitrogens with zero attached hydrogens (tertiary/aromatic N) is 2. The lowest BCUT2D eigenvalue weighted by atomic mass is 9.87. The molecule has 1 aliphatic heterocycles. The van der Waals surface area contributed by atoms with Crippen LogP contribution in [0, 0.1) is 0 Å². The van der Waals surface area contributed by atoms with Crippen LogP contribution in [0.15, 0.2) is 0 Å². The lowest BCUT2D eigenvalue weighted by Crippen LogP contribution is -2.55. The summed E-state index contributed by atoms with van der Waals surface area (Å²) in [6, 6.07) is 0.665. The van der Waals surface area contributed by atoms with Gasteiger partial charge in [0.2, 0.25) is 0 Å². The summed E-state index contributed by atoms with van der Waals surface area (Å²) in [4.78, 5) is 5.39. The lowest BCUT2D eigenvalue weighted by Gasteiger charge is -2.43. The molecule has 21 heavy (non-hydrogen) atoms. The maximum absolute atomic E-state index is 6.31. The van der Waals surface area contributed by atoms with Crippen molar-refractivity contribution >= 4 is 0 Å². The van der Waals surface area contributed by atoms with E-state index >= 15 is 0 Å². The topological polar surface area (TPSA) is 32.5 Å². The summed E-state index contributed by atoms with van der Waals surface area (Å²) in [7, 11) is 0. The van der Waals surface area contributed by atoms with E-state index in [1.165, 1.54) is 71.1 Å². The van der Waals surface area contributed by atoms with Gasteiger partial charge in [0.15, 0.2) is 0 Å². The molecule has 126 valence electrons. The van der Waals surface area contributed by atoms with E-state index in [4.69, 9.17) is 5.73 Å². The molecule has 0 aliphatic carbocycles. The zero-order chi connectivity index (χ0) is 15.7. The smallest absolute Gasteiger partial charge is 0.0344 e. The van der Waals surface area contributed by atoms with Gasteiger partial charge in [-0.3, -0.25) is 4.90 Å². The molecule has 0 aromatic rings. The average Bonchev–Trinajstić information content (AvgIpc) is 2.71. The van der Waals surface area contributed by atoms with E-state index in [9.17, 15) is 0 Å². The van der Waals surface area contributed by atoms with Crippen molar-refractivity contribution in [3.8, 4) is 0 Å². The fraction of sp³-hybridized carbons (Fsp3) is 1.00. The molecule has 1 unspecified atom stereocenters. The fourth-order valence-corrected chi connectivity index (χ4v) is 3.65. The molecule has 3 heteroatoms. The van der Waals surface area contributed by atoms with Gasteiger partial charge in [0, 0.05) is 24.7 Å². The van der Waals surface area contributed by atoms with Gasteiger partial charge in [0.25, 0.3) is 0 Å². The zero-order valence-electron chi connectivity index (χ0n) is 15.0. The second-order valence-corrected chi connectivity index (χ2v) is 7.11. The summed E-state index contributed by atoms with van der Waals surface area (Å²) in [6.07, 6.45) is 8.99. The first-order chi connectivity index (χ1) is 10.1. The first kappa shape index (κ1) is 18.9. The molecule has 0 amide bonds. The van der Waals surface area contributed by atoms with Crippen molar-refractivity contribution in [2.45, 2.75) is 84.2 Å². The van der Waals surface area contributed by atoms with Gasteiger partial charge in [0.1, 0.15) is 0 Å². The molecule has 1 rings (SSSR count). The predicted molar refractivity (Wildman–Crippen MR) is 93.7 cm³/mol. The third-order valence-electron chi connectivity index (χ3n) is 5.30. The first-order valence-electron chi connectivity index (χ1n) is 9.28. The van der Waals surface area contributed by atoms with Crippen LogP contribution < -0.4 is 5.73 Å². The number of rotatable bonds is 9. The lowest BCUT2D eigenvalue weighted by molar-refractivity contribution is 0.0732. The molecule has 1 fully saturated rings. The maximum Gasteiger partial charge on any atom is 0.0344 e. The minimum Gasteiger partial charge on any atom is -0.329 e. The van der Waals surface area contributed by atoms with Gasteiger partial charge >= 0.3 is 0 Å². The Balaban J connectivity index is 2.77. The summed E-state index contributed by atoms with van der Waals surface area (Å²) in [6.45, 7) is 15.0. The molecular weight excluding hydrogens is 258 g/mol. The summed E-state index contributed by atoms with van der Waals surface area (Å²) in [5.74, 6) is 0. The molecule has 2 N–H and O–H groups in total. The van der Waals surface area contributed by atoms with Crippen molar-refractivity contribution in [1.82, 2.24) is 9.80 Å². The van der Waals surface area contributed by atoms with Crippen LogP contribution in [0.25, 0.3) is 0 Å². The van der Waals surface area contributed by atoms with Crippen molar-refractivity contribution in [2.24, 2.45) is 5.73 Å². The molecule has 3 nitrogen and oxygen atoms in total. The van der Waals surface area contributed by atoms with Gasteiger partial charge in [-0.2, -0.15) is 0 Å². The van der Waals surface area contributed by atoms with E-state index < -0.39 is 0 Å². The van der Waals surface area contributed by atoms with Crippen LogP contribution in [0.4, 0.5) is 0 Å². The van der Waals surface area contributed by atoms with Crippen LogP contribution in [0.3, 0.4) is 0 Å². The zero-order valence-corrected chi connectivity index (χ0v) is 15.0. The Morgan fingerprint density at radius 1 is 1.05 bits per heavy atom. The van der Waals surface area contributed by atoms with Gasteiger partial charge in [-0.25, -0.2) is 0 Å². The molecule has 0 bridgehead atoms. The van der Waals surface area contributed by atoms with Crippen molar-refractivity contribution in [3.63, 3.8) is 0 Å². The third-order valence-corrected chi connectivity index (χ3v) is 5.30. The molecule has 1 heterocycles. The van der Waals surface area contributed by atoms with Gasteiger partial charge in [-0.05, 0) is 65.6 Å². The Hall–Kier alpha value is -0.120. The maximum atomic E-state index is 6.31. The fourth-order valence-electron chi connectivity index (χ4n) is 3.65. The predicted octanol–water partition coefficient (Wildman–Crippen LogP) is 3.48. The summed E-state index contributed by atoms with van der Waals surface area (Å²) in [5.41, 5.74) is 6.57. The Kier molecular flexibility index (Phi) is 8.84. The highest BCUT2D eigenvalue weighted by molar-refractivity contribution is 4.95. The monoisotopic (exact) mass is 297 g/mol. The van der Waals surface area contributed by atoms with Gasteiger partial charge in [0.05, 0.1) is 0 Å². The Morgan fingerprint density at radius 2 is 1.67 bits per heavy atom. The van der Waals surface area contributed by atoms with Crippen molar-refractivity contribution in [1.29, 1.82) is 0 Å². The number of hydrogen-bond donors (Lipinski definition) is 1. The van der Waals surface area contributed by atoms with Gasteiger partial charge in [-0.1, -0.05) is 26.7 Å². The minimum absolute atomic E-state index is 0.258. The number of nitrogens with two attached hydrogens (primary N) is 1. The van der Waals surface area contributed by atoms with Gasteiger partial charge < -0.3 is 10.6 Å². The summed E-state index contributed by atoms with van der Waals surface area (Å²) < 4.78 is 0. The molecule has 0 aromatic heterocycles. The average molecular weight is 298 g/mol. The molecule has 1 atom stereocenters. The van der Waals surface area contributed by atoms with E-state index in [0.29, 0.717) is 6.04 Å². The first-order valence-corrected chi connectivity index (χ1v) is 9.28. The molecule has 0 radical (unpaired) electrons. The second-order valence-electron chi connectivity index (χ2n) is 7.11. The van der Waals surface area contributed by atoms with Crippen LogP contribution in [-0.4, -0.2) is 54.1 Å². The van der Waals surface area contributed by atoms with E-state index in [1.807, 2.05) is 0 Å². The SMILES string of the molecule is CCCCN(CCCC)C1(CN)CCCN(C(C)C)CC1. The van der Waals surface area contributed by atoms with E-state index in [0.717, 1.165) is 6.54 Å². The summed E-state index contributed by atoms with van der Waals surface area (Å²) >= 11 is 0. The largest absolute Gasteiger partial charge is 0.329 e. The van der Waals surface area contributed by atoms with Crippen LogP contribution in [-0.2, 0) is 0 Å². The second kappa shape index (κ2) is 9.81. The number of likely N-dealkylation sites (tertiary alicyclic amines) is 1. The quantitative estimate of drug-likeness (QED) is 0.707. The Labute approximate surface area is 133 Å². The Bertz CT molecular complexity index is 259. The number of hydrogen-bond acceptors (Lipinski definition) is 3. The standard InChI is InChI=1S/C18H39N3/c1-5-7-13-21(14-8-6-2)18(16-19)10-9-12-20(15-11-18)17(3)4/h17H,5-16,19H2,1-4H3. The third kappa shape index (κ3) is 5.54. The van der Waals surface area contributed by atoms with E-state index in [2.05, 4.69) is 37.5 Å². The molecule has 0 saturated carbocycles. The van der Waals surface area contributed by atoms with Crippen LogP contribution in [0.2, 0.25) is 0 Å². The van der Waals surface area contributed by atoms with Crippen LogP contribution in [0.5, 0.6) is 0 Å². The Morgan fingerprint density at radius 3 is 2.14 bits per heavy atom. The van der Waals surface area contributed by atoms with Crippen molar-refractivity contribution in [2.75, 3.05) is 32.7 Å².